The molecule has 3 rings (SSSR count). The third-order valence-electron chi connectivity index (χ3n) is 4.52. The summed E-state index contributed by atoms with van der Waals surface area (Å²) in [5, 5.41) is 2.14. The van der Waals surface area contributed by atoms with Crippen LogP contribution in [0.25, 0.3) is 11.1 Å². The maximum absolute atomic E-state index is 12.3. The normalized spacial score (nSPS) is 10.2. The van der Waals surface area contributed by atoms with Gasteiger partial charge >= 0.3 is 5.97 Å². The summed E-state index contributed by atoms with van der Waals surface area (Å²) in [5.74, 6) is -2.18. The lowest BCUT2D eigenvalue weighted by molar-refractivity contribution is -0.148. The van der Waals surface area contributed by atoms with Crippen LogP contribution < -0.4 is 5.32 Å². The standard InChI is InChI=1S/C25H21NO5/c27-22(20-13-11-19(12-14-20)18-7-3-1-4-8-18)15-16-24(29)31-17-23(28)26-25(30)21-9-5-2-6-10-21/h1-14H,15-17H2,(H,26,28,30). The molecule has 3 aromatic carbocycles. The van der Waals surface area contributed by atoms with E-state index in [9.17, 15) is 19.2 Å². The minimum Gasteiger partial charge on any atom is -0.456 e. The first-order chi connectivity index (χ1) is 15.0. The summed E-state index contributed by atoms with van der Waals surface area (Å²) >= 11 is 0. The van der Waals surface area contributed by atoms with Gasteiger partial charge in [0.1, 0.15) is 0 Å². The number of hydrogen-bond donors (Lipinski definition) is 1. The van der Waals surface area contributed by atoms with Crippen molar-refractivity contribution >= 4 is 23.6 Å². The predicted octanol–water partition coefficient (Wildman–Crippen LogP) is 3.82. The van der Waals surface area contributed by atoms with E-state index in [0.717, 1.165) is 11.1 Å². The molecule has 0 unspecified atom stereocenters. The van der Waals surface area contributed by atoms with E-state index < -0.39 is 24.4 Å². The molecule has 0 aliphatic carbocycles. The predicted molar refractivity (Wildman–Crippen MR) is 115 cm³/mol. The maximum Gasteiger partial charge on any atom is 0.306 e. The molecule has 0 atom stereocenters. The first kappa shape index (κ1) is 21.6. The minimum atomic E-state index is -0.731. The zero-order valence-corrected chi connectivity index (χ0v) is 16.7. The van der Waals surface area contributed by atoms with Gasteiger partial charge in [-0.05, 0) is 23.3 Å². The highest BCUT2D eigenvalue weighted by molar-refractivity contribution is 6.05. The molecule has 6 nitrogen and oxygen atoms in total. The van der Waals surface area contributed by atoms with E-state index in [-0.39, 0.29) is 18.6 Å². The smallest absolute Gasteiger partial charge is 0.306 e. The lowest BCUT2D eigenvalue weighted by atomic mass is 10.0. The van der Waals surface area contributed by atoms with E-state index in [1.165, 1.54) is 0 Å². The number of ether oxygens (including phenoxy) is 1. The molecule has 3 aromatic rings. The summed E-state index contributed by atoms with van der Waals surface area (Å²) in [7, 11) is 0. The van der Waals surface area contributed by atoms with Gasteiger partial charge in [-0.25, -0.2) is 0 Å². The van der Waals surface area contributed by atoms with Crippen molar-refractivity contribution in [2.75, 3.05) is 6.61 Å². The Hall–Kier alpha value is -4.06. The van der Waals surface area contributed by atoms with Crippen LogP contribution in [-0.2, 0) is 14.3 Å². The number of amides is 2. The Morgan fingerprint density at radius 2 is 1.23 bits per heavy atom. The highest BCUT2D eigenvalue weighted by atomic mass is 16.5. The van der Waals surface area contributed by atoms with Crippen molar-refractivity contribution in [3.05, 3.63) is 96.1 Å². The lowest BCUT2D eigenvalue weighted by Gasteiger charge is -2.06. The zero-order valence-electron chi connectivity index (χ0n) is 16.7. The SMILES string of the molecule is O=C(COC(=O)CCC(=O)c1ccc(-c2ccccc2)cc1)NC(=O)c1ccccc1. The highest BCUT2D eigenvalue weighted by Crippen LogP contribution is 2.20. The molecule has 0 spiro atoms. The Balaban J connectivity index is 1.41. The Labute approximate surface area is 179 Å². The fourth-order valence-corrected chi connectivity index (χ4v) is 2.88. The molecular weight excluding hydrogens is 394 g/mol. The van der Waals surface area contributed by atoms with Crippen LogP contribution in [0.15, 0.2) is 84.9 Å². The first-order valence-electron chi connectivity index (χ1n) is 9.76. The molecule has 0 saturated heterocycles. The molecule has 31 heavy (non-hydrogen) atoms. The van der Waals surface area contributed by atoms with E-state index in [4.69, 9.17) is 4.74 Å². The second-order valence-corrected chi connectivity index (χ2v) is 6.77. The summed E-state index contributed by atoms with van der Waals surface area (Å²) in [4.78, 5) is 47.8. The summed E-state index contributed by atoms with van der Waals surface area (Å²) in [6.45, 7) is -0.586. The number of esters is 1. The molecule has 0 aromatic heterocycles. The van der Waals surface area contributed by atoms with Crippen molar-refractivity contribution in [3.63, 3.8) is 0 Å². The van der Waals surface area contributed by atoms with Gasteiger partial charge in [0.15, 0.2) is 12.4 Å². The third-order valence-corrected chi connectivity index (χ3v) is 4.52. The number of carbonyl (C=O) groups excluding carboxylic acids is 4. The van der Waals surface area contributed by atoms with E-state index in [2.05, 4.69) is 5.32 Å². The molecule has 0 bridgehead atoms. The summed E-state index contributed by atoms with van der Waals surface area (Å²) < 4.78 is 4.85. The molecule has 2 amide bonds. The van der Waals surface area contributed by atoms with Crippen molar-refractivity contribution in [1.82, 2.24) is 5.32 Å². The Bertz CT molecular complexity index is 1060. The van der Waals surface area contributed by atoms with Crippen molar-refractivity contribution in [3.8, 4) is 11.1 Å². The molecule has 1 N–H and O–H groups in total. The topological polar surface area (TPSA) is 89.5 Å². The fraction of sp³-hybridized carbons (Fsp3) is 0.120. The molecular formula is C25H21NO5. The van der Waals surface area contributed by atoms with Crippen LogP contribution in [0.2, 0.25) is 0 Å². The Morgan fingerprint density at radius 3 is 1.87 bits per heavy atom. The van der Waals surface area contributed by atoms with Gasteiger partial charge in [0, 0.05) is 17.5 Å². The van der Waals surface area contributed by atoms with E-state index in [1.807, 2.05) is 42.5 Å². The fourth-order valence-electron chi connectivity index (χ4n) is 2.88. The van der Waals surface area contributed by atoms with Gasteiger partial charge in [-0.1, -0.05) is 72.8 Å². The van der Waals surface area contributed by atoms with Crippen LogP contribution in [0.4, 0.5) is 0 Å². The van der Waals surface area contributed by atoms with Gasteiger partial charge in [0.2, 0.25) is 0 Å². The number of hydrogen-bond acceptors (Lipinski definition) is 5. The number of Topliss-reactive ketones (excluding diaryl/α,β-unsaturated/α-hetero) is 1. The van der Waals surface area contributed by atoms with Gasteiger partial charge < -0.3 is 4.74 Å². The van der Waals surface area contributed by atoms with Gasteiger partial charge in [-0.15, -0.1) is 0 Å². The van der Waals surface area contributed by atoms with Crippen LogP contribution in [0.1, 0.15) is 33.6 Å². The van der Waals surface area contributed by atoms with Crippen molar-refractivity contribution in [1.29, 1.82) is 0 Å². The number of nitrogens with one attached hydrogen (secondary N) is 1. The molecule has 0 fully saturated rings. The number of ketones is 1. The second kappa shape index (κ2) is 10.6. The molecule has 0 aliphatic rings. The zero-order chi connectivity index (χ0) is 22.1. The van der Waals surface area contributed by atoms with Crippen LogP contribution >= 0.6 is 0 Å². The largest absolute Gasteiger partial charge is 0.456 e. The van der Waals surface area contributed by atoms with Crippen LogP contribution in [-0.4, -0.2) is 30.2 Å². The average Bonchev–Trinajstić information content (AvgIpc) is 2.82. The Kier molecular flexibility index (Phi) is 7.43. The van der Waals surface area contributed by atoms with Gasteiger partial charge in [0.05, 0.1) is 6.42 Å². The molecule has 156 valence electrons. The van der Waals surface area contributed by atoms with Crippen molar-refractivity contribution < 1.29 is 23.9 Å². The lowest BCUT2D eigenvalue weighted by Crippen LogP contribution is -2.34. The van der Waals surface area contributed by atoms with E-state index in [1.54, 1.807) is 42.5 Å². The van der Waals surface area contributed by atoms with E-state index >= 15 is 0 Å². The molecule has 0 heterocycles. The average molecular weight is 415 g/mol. The molecule has 0 saturated carbocycles. The summed E-state index contributed by atoms with van der Waals surface area (Å²) in [6.07, 6.45) is -0.187. The van der Waals surface area contributed by atoms with Crippen LogP contribution in [0.5, 0.6) is 0 Å². The van der Waals surface area contributed by atoms with Gasteiger partial charge in [-0.3, -0.25) is 24.5 Å². The number of imide groups is 1. The van der Waals surface area contributed by atoms with Crippen molar-refractivity contribution in [2.24, 2.45) is 0 Å². The van der Waals surface area contributed by atoms with Crippen LogP contribution in [0.3, 0.4) is 0 Å². The quantitative estimate of drug-likeness (QED) is 0.446. The highest BCUT2D eigenvalue weighted by Gasteiger charge is 2.14. The molecule has 0 aliphatic heterocycles. The number of rotatable bonds is 8. The molecule has 6 heteroatoms. The monoisotopic (exact) mass is 415 g/mol. The molecule has 0 radical (unpaired) electrons. The van der Waals surface area contributed by atoms with Crippen molar-refractivity contribution in [2.45, 2.75) is 12.8 Å². The Morgan fingerprint density at radius 1 is 0.645 bits per heavy atom. The first-order valence-corrected chi connectivity index (χ1v) is 9.76. The summed E-state index contributed by atoms with van der Waals surface area (Å²) in [6, 6.07) is 25.2. The van der Waals surface area contributed by atoms with Crippen LogP contribution in [0, 0.1) is 0 Å². The maximum atomic E-state index is 12.3. The second-order valence-electron chi connectivity index (χ2n) is 6.77. The van der Waals surface area contributed by atoms with E-state index in [0.29, 0.717) is 11.1 Å². The number of carbonyl (C=O) groups is 4. The van der Waals surface area contributed by atoms with Gasteiger partial charge in [-0.2, -0.15) is 0 Å². The third kappa shape index (κ3) is 6.47. The summed E-state index contributed by atoms with van der Waals surface area (Å²) in [5.41, 5.74) is 2.87. The number of benzene rings is 3. The minimum absolute atomic E-state index is 0.0336. The van der Waals surface area contributed by atoms with Gasteiger partial charge in [0.25, 0.3) is 11.8 Å².